The van der Waals surface area contributed by atoms with E-state index >= 15 is 0 Å². The van der Waals surface area contributed by atoms with E-state index in [2.05, 4.69) is 26.1 Å². The number of carbonyl (C=O) groups is 1. The van der Waals surface area contributed by atoms with Gasteiger partial charge in [0.15, 0.2) is 0 Å². The highest BCUT2D eigenvalue weighted by atomic mass is 16.1. The van der Waals surface area contributed by atoms with Gasteiger partial charge in [-0.3, -0.25) is 4.79 Å². The van der Waals surface area contributed by atoms with Crippen LogP contribution in [-0.4, -0.2) is 19.0 Å². The Morgan fingerprint density at radius 3 is 2.41 bits per heavy atom. The van der Waals surface area contributed by atoms with Gasteiger partial charge in [-0.2, -0.15) is 0 Å². The molecule has 102 valence electrons. The molecule has 3 heteroatoms. The van der Waals surface area contributed by atoms with Gasteiger partial charge in [-0.25, -0.2) is 0 Å². The van der Waals surface area contributed by atoms with Gasteiger partial charge in [0.1, 0.15) is 0 Å². The largest absolute Gasteiger partial charge is 0.355 e. The molecule has 0 heterocycles. The lowest BCUT2D eigenvalue weighted by Crippen LogP contribution is -2.39. The fourth-order valence-corrected chi connectivity index (χ4v) is 1.87. The monoisotopic (exact) mass is 242 g/mol. The lowest BCUT2D eigenvalue weighted by Gasteiger charge is -2.26. The van der Waals surface area contributed by atoms with E-state index in [-0.39, 0.29) is 17.2 Å². The summed E-state index contributed by atoms with van der Waals surface area (Å²) in [5, 5.41) is 3.03. The van der Waals surface area contributed by atoms with Gasteiger partial charge in [0, 0.05) is 19.0 Å². The summed E-state index contributed by atoms with van der Waals surface area (Å²) in [6, 6.07) is 0. The Labute approximate surface area is 107 Å². The second-order valence-electron chi connectivity index (χ2n) is 5.68. The van der Waals surface area contributed by atoms with E-state index in [0.29, 0.717) is 6.54 Å². The van der Waals surface area contributed by atoms with Gasteiger partial charge < -0.3 is 11.1 Å². The van der Waals surface area contributed by atoms with Crippen molar-refractivity contribution in [2.75, 3.05) is 13.1 Å². The summed E-state index contributed by atoms with van der Waals surface area (Å²) in [5.41, 5.74) is 5.75. The van der Waals surface area contributed by atoms with Crippen molar-refractivity contribution in [2.24, 2.45) is 17.1 Å². The van der Waals surface area contributed by atoms with E-state index in [0.717, 1.165) is 13.0 Å². The van der Waals surface area contributed by atoms with Crippen LogP contribution >= 0.6 is 0 Å². The minimum Gasteiger partial charge on any atom is -0.355 e. The van der Waals surface area contributed by atoms with Crippen LogP contribution in [0.25, 0.3) is 0 Å². The minimum atomic E-state index is -0.0264. The standard InChI is InChI=1S/C14H30N2O/c1-5-7-8-9-14(3,4)11-16-13(17)12(6-2)10-15/h12H,5-11,15H2,1-4H3,(H,16,17). The lowest BCUT2D eigenvalue weighted by atomic mass is 9.86. The summed E-state index contributed by atoms with van der Waals surface area (Å²) in [7, 11) is 0. The molecule has 0 aromatic carbocycles. The summed E-state index contributed by atoms with van der Waals surface area (Å²) < 4.78 is 0. The molecule has 0 aromatic heterocycles. The average Bonchev–Trinajstić information content (AvgIpc) is 2.28. The third-order valence-electron chi connectivity index (χ3n) is 3.35. The number of carbonyl (C=O) groups excluding carboxylic acids is 1. The molecule has 1 amide bonds. The number of nitrogens with two attached hydrogens (primary N) is 1. The third kappa shape index (κ3) is 7.37. The quantitative estimate of drug-likeness (QED) is 0.611. The van der Waals surface area contributed by atoms with Crippen LogP contribution in [0.15, 0.2) is 0 Å². The van der Waals surface area contributed by atoms with Crippen LogP contribution in [-0.2, 0) is 4.79 Å². The molecule has 0 bridgehead atoms. The molecule has 0 spiro atoms. The second kappa shape index (κ2) is 8.51. The van der Waals surface area contributed by atoms with Crippen LogP contribution < -0.4 is 11.1 Å². The minimum absolute atomic E-state index is 0.0264. The van der Waals surface area contributed by atoms with Crippen molar-refractivity contribution in [1.29, 1.82) is 0 Å². The molecule has 17 heavy (non-hydrogen) atoms. The normalized spacial score (nSPS) is 13.5. The highest BCUT2D eigenvalue weighted by Gasteiger charge is 2.20. The molecule has 0 aliphatic carbocycles. The molecule has 1 atom stereocenters. The van der Waals surface area contributed by atoms with Crippen LogP contribution in [0.2, 0.25) is 0 Å². The molecular weight excluding hydrogens is 212 g/mol. The number of rotatable bonds is 9. The summed E-state index contributed by atoms with van der Waals surface area (Å²) in [6.07, 6.45) is 5.75. The van der Waals surface area contributed by atoms with Crippen molar-refractivity contribution in [3.05, 3.63) is 0 Å². The lowest BCUT2D eigenvalue weighted by molar-refractivity contribution is -0.125. The zero-order chi connectivity index (χ0) is 13.3. The highest BCUT2D eigenvalue weighted by molar-refractivity contribution is 5.78. The average molecular weight is 242 g/mol. The van der Waals surface area contributed by atoms with Crippen LogP contribution in [0.3, 0.4) is 0 Å². The third-order valence-corrected chi connectivity index (χ3v) is 3.35. The Morgan fingerprint density at radius 2 is 1.94 bits per heavy atom. The van der Waals surface area contributed by atoms with Crippen molar-refractivity contribution >= 4 is 5.91 Å². The zero-order valence-corrected chi connectivity index (χ0v) is 12.0. The van der Waals surface area contributed by atoms with Crippen LogP contribution in [0.4, 0.5) is 0 Å². The Morgan fingerprint density at radius 1 is 1.29 bits per heavy atom. The molecule has 0 aliphatic heterocycles. The first-order valence-electron chi connectivity index (χ1n) is 6.94. The van der Waals surface area contributed by atoms with Crippen molar-refractivity contribution in [1.82, 2.24) is 5.32 Å². The van der Waals surface area contributed by atoms with Crippen LogP contribution in [0.1, 0.15) is 59.8 Å². The van der Waals surface area contributed by atoms with E-state index in [1.165, 1.54) is 25.7 Å². The van der Waals surface area contributed by atoms with Crippen LogP contribution in [0, 0.1) is 11.3 Å². The maximum Gasteiger partial charge on any atom is 0.224 e. The van der Waals surface area contributed by atoms with E-state index < -0.39 is 0 Å². The SMILES string of the molecule is CCCCCC(C)(C)CNC(=O)C(CC)CN. The van der Waals surface area contributed by atoms with Crippen molar-refractivity contribution in [3.8, 4) is 0 Å². The van der Waals surface area contributed by atoms with Gasteiger partial charge in [-0.15, -0.1) is 0 Å². The summed E-state index contributed by atoms with van der Waals surface area (Å²) >= 11 is 0. The van der Waals surface area contributed by atoms with E-state index in [1.807, 2.05) is 6.92 Å². The molecule has 0 radical (unpaired) electrons. The maximum atomic E-state index is 11.8. The van der Waals surface area contributed by atoms with Gasteiger partial charge in [0.2, 0.25) is 5.91 Å². The maximum absolute atomic E-state index is 11.8. The Kier molecular flexibility index (Phi) is 8.23. The predicted octanol–water partition coefficient (Wildman–Crippen LogP) is 2.69. The second-order valence-corrected chi connectivity index (χ2v) is 5.68. The van der Waals surface area contributed by atoms with Gasteiger partial charge in [0.25, 0.3) is 0 Å². The molecule has 3 N–H and O–H groups in total. The topological polar surface area (TPSA) is 55.1 Å². The molecule has 0 saturated carbocycles. The fraction of sp³-hybridized carbons (Fsp3) is 0.929. The first kappa shape index (κ1) is 16.4. The van der Waals surface area contributed by atoms with Crippen molar-refractivity contribution in [2.45, 2.75) is 59.8 Å². The number of hydrogen-bond donors (Lipinski definition) is 2. The molecule has 0 aromatic rings. The summed E-state index contributed by atoms with van der Waals surface area (Å²) in [5.74, 6) is 0.0833. The molecular formula is C14H30N2O. The molecule has 0 saturated heterocycles. The number of amides is 1. The van der Waals surface area contributed by atoms with E-state index in [9.17, 15) is 4.79 Å². The molecule has 0 fully saturated rings. The molecule has 1 unspecified atom stereocenters. The van der Waals surface area contributed by atoms with Gasteiger partial charge in [-0.05, 0) is 18.3 Å². The predicted molar refractivity (Wildman–Crippen MR) is 73.8 cm³/mol. The van der Waals surface area contributed by atoms with Gasteiger partial charge >= 0.3 is 0 Å². The Bertz CT molecular complexity index is 210. The molecule has 0 aliphatic rings. The molecule has 3 nitrogen and oxygen atoms in total. The summed E-state index contributed by atoms with van der Waals surface area (Å²) in [6.45, 7) is 9.84. The van der Waals surface area contributed by atoms with Gasteiger partial charge in [-0.1, -0.05) is 47.0 Å². The van der Waals surface area contributed by atoms with Crippen molar-refractivity contribution < 1.29 is 4.79 Å². The van der Waals surface area contributed by atoms with E-state index in [4.69, 9.17) is 5.73 Å². The zero-order valence-electron chi connectivity index (χ0n) is 12.0. The summed E-state index contributed by atoms with van der Waals surface area (Å²) in [4.78, 5) is 11.8. The van der Waals surface area contributed by atoms with E-state index in [1.54, 1.807) is 0 Å². The van der Waals surface area contributed by atoms with Gasteiger partial charge in [0.05, 0.1) is 0 Å². The first-order valence-corrected chi connectivity index (χ1v) is 6.94. The highest BCUT2D eigenvalue weighted by Crippen LogP contribution is 2.22. The number of hydrogen-bond acceptors (Lipinski definition) is 2. The first-order chi connectivity index (χ1) is 7.96. The van der Waals surface area contributed by atoms with Crippen LogP contribution in [0.5, 0.6) is 0 Å². The Hall–Kier alpha value is -0.570. The number of unbranched alkanes of at least 4 members (excludes halogenated alkanes) is 2. The molecule has 0 rings (SSSR count). The van der Waals surface area contributed by atoms with Crippen molar-refractivity contribution in [3.63, 3.8) is 0 Å². The Balaban J connectivity index is 3.95. The smallest absolute Gasteiger partial charge is 0.224 e. The number of nitrogens with one attached hydrogen (secondary N) is 1. The fourth-order valence-electron chi connectivity index (χ4n) is 1.87.